The summed E-state index contributed by atoms with van der Waals surface area (Å²) in [6.45, 7) is 0.980. The smallest absolute Gasteiger partial charge is 0.422 e. The fourth-order valence-corrected chi connectivity index (χ4v) is 2.53. The number of benzene rings is 2. The molecule has 0 bridgehead atoms. The average molecular weight is 436 g/mol. The first-order valence-corrected chi connectivity index (χ1v) is 9.69. The maximum Gasteiger partial charge on any atom is 0.422 e. The van der Waals surface area contributed by atoms with Gasteiger partial charge in [0, 0.05) is 26.2 Å². The summed E-state index contributed by atoms with van der Waals surface area (Å²) in [7, 11) is 3.30. The van der Waals surface area contributed by atoms with Crippen LogP contribution in [0.25, 0.3) is 0 Å². The third-order valence-electron chi connectivity index (χ3n) is 4.23. The standard InChI is InChI=1S/C22H27F3N4O2/c1-16-9-10-18(19(11-16)31-15-22(23,24)25)13-27-21(28-14-20(30)29(2)3)26-12-17-7-5-4-6-8-17/h4-11H,12-15H2,1-3H3,(H2,26,27,28). The van der Waals surface area contributed by atoms with Crippen molar-refractivity contribution in [3.63, 3.8) is 0 Å². The molecule has 2 N–H and O–H groups in total. The zero-order chi connectivity index (χ0) is 22.9. The summed E-state index contributed by atoms with van der Waals surface area (Å²) in [5, 5.41) is 6.02. The third kappa shape index (κ3) is 8.98. The second-order valence-corrected chi connectivity index (χ2v) is 7.16. The van der Waals surface area contributed by atoms with Crippen molar-refractivity contribution in [1.82, 2.24) is 15.5 Å². The molecule has 1 amide bonds. The molecule has 168 valence electrons. The predicted molar refractivity (Wildman–Crippen MR) is 114 cm³/mol. The normalized spacial score (nSPS) is 11.7. The van der Waals surface area contributed by atoms with Gasteiger partial charge in [0.15, 0.2) is 12.6 Å². The number of aryl methyl sites for hydroxylation is 1. The van der Waals surface area contributed by atoms with E-state index in [0.717, 1.165) is 11.1 Å². The van der Waals surface area contributed by atoms with E-state index in [4.69, 9.17) is 4.74 Å². The Morgan fingerprint density at radius 2 is 1.81 bits per heavy atom. The number of guanidine groups is 1. The van der Waals surface area contributed by atoms with Gasteiger partial charge in [0.05, 0.1) is 13.1 Å². The Balaban J connectivity index is 2.12. The highest BCUT2D eigenvalue weighted by molar-refractivity contribution is 5.86. The number of hydrogen-bond donors (Lipinski definition) is 2. The molecule has 0 unspecified atom stereocenters. The molecule has 0 atom stereocenters. The molecule has 0 radical (unpaired) electrons. The number of halogens is 3. The van der Waals surface area contributed by atoms with E-state index in [-0.39, 0.29) is 24.7 Å². The minimum absolute atomic E-state index is 0.0267. The molecule has 0 spiro atoms. The highest BCUT2D eigenvalue weighted by atomic mass is 19.4. The molecule has 9 heteroatoms. The Labute approximate surface area is 180 Å². The summed E-state index contributed by atoms with van der Waals surface area (Å²) < 4.78 is 42.7. The number of aliphatic imine (C=N–C) groups is 1. The number of likely N-dealkylation sites (N-methyl/N-ethyl adjacent to an activating group) is 1. The van der Waals surface area contributed by atoms with Gasteiger partial charge in [-0.2, -0.15) is 13.2 Å². The zero-order valence-electron chi connectivity index (χ0n) is 17.8. The number of hydrogen-bond acceptors (Lipinski definition) is 3. The van der Waals surface area contributed by atoms with Crippen molar-refractivity contribution in [2.45, 2.75) is 26.2 Å². The van der Waals surface area contributed by atoms with E-state index >= 15 is 0 Å². The highest BCUT2D eigenvalue weighted by Crippen LogP contribution is 2.23. The molecule has 2 aromatic carbocycles. The van der Waals surface area contributed by atoms with Crippen LogP contribution in [0, 0.1) is 6.92 Å². The summed E-state index contributed by atoms with van der Waals surface area (Å²) in [4.78, 5) is 17.8. The van der Waals surface area contributed by atoms with Gasteiger partial charge in [0.2, 0.25) is 5.91 Å². The number of carbonyl (C=O) groups is 1. The molecule has 31 heavy (non-hydrogen) atoms. The maximum absolute atomic E-state index is 12.6. The summed E-state index contributed by atoms with van der Waals surface area (Å²) >= 11 is 0. The molecule has 6 nitrogen and oxygen atoms in total. The van der Waals surface area contributed by atoms with Crippen LogP contribution in [0.2, 0.25) is 0 Å². The van der Waals surface area contributed by atoms with Crippen LogP contribution in [-0.4, -0.2) is 50.2 Å². The van der Waals surface area contributed by atoms with Crippen molar-refractivity contribution in [2.75, 3.05) is 27.2 Å². The second kappa shape index (κ2) is 11.2. The van der Waals surface area contributed by atoms with Crippen molar-refractivity contribution >= 4 is 11.9 Å². The lowest BCUT2D eigenvalue weighted by atomic mass is 10.1. The van der Waals surface area contributed by atoms with Gasteiger partial charge in [-0.1, -0.05) is 42.5 Å². The van der Waals surface area contributed by atoms with Crippen molar-refractivity contribution in [2.24, 2.45) is 4.99 Å². The molecule has 0 heterocycles. The Kier molecular flexibility index (Phi) is 8.72. The van der Waals surface area contributed by atoms with Gasteiger partial charge in [0.1, 0.15) is 5.75 Å². The Morgan fingerprint density at radius 1 is 1.10 bits per heavy atom. The quantitative estimate of drug-likeness (QED) is 0.493. The summed E-state index contributed by atoms with van der Waals surface area (Å²) in [5.41, 5.74) is 2.31. The van der Waals surface area contributed by atoms with Gasteiger partial charge in [-0.3, -0.25) is 4.79 Å². The van der Waals surface area contributed by atoms with E-state index in [0.29, 0.717) is 18.1 Å². The van der Waals surface area contributed by atoms with Crippen molar-refractivity contribution in [3.8, 4) is 5.75 Å². The van der Waals surface area contributed by atoms with Crippen LogP contribution in [0.5, 0.6) is 5.75 Å². The highest BCUT2D eigenvalue weighted by Gasteiger charge is 2.28. The lowest BCUT2D eigenvalue weighted by Crippen LogP contribution is -2.42. The lowest BCUT2D eigenvalue weighted by Gasteiger charge is -2.17. The molecule has 0 aliphatic heterocycles. The first-order chi connectivity index (χ1) is 14.6. The van der Waals surface area contributed by atoms with E-state index in [1.54, 1.807) is 39.2 Å². The van der Waals surface area contributed by atoms with Gasteiger partial charge in [-0.15, -0.1) is 0 Å². The molecule has 0 fully saturated rings. The average Bonchev–Trinajstić information content (AvgIpc) is 2.72. The van der Waals surface area contributed by atoms with Crippen LogP contribution in [-0.2, 0) is 17.9 Å². The van der Waals surface area contributed by atoms with Crippen LogP contribution >= 0.6 is 0 Å². The van der Waals surface area contributed by atoms with E-state index in [2.05, 4.69) is 15.6 Å². The van der Waals surface area contributed by atoms with Gasteiger partial charge in [-0.25, -0.2) is 4.99 Å². The van der Waals surface area contributed by atoms with Crippen molar-refractivity contribution < 1.29 is 22.7 Å². The topological polar surface area (TPSA) is 66.0 Å². The molecular weight excluding hydrogens is 409 g/mol. The third-order valence-corrected chi connectivity index (χ3v) is 4.23. The number of nitrogens with zero attached hydrogens (tertiary/aromatic N) is 2. The van der Waals surface area contributed by atoms with E-state index < -0.39 is 12.8 Å². The zero-order valence-corrected chi connectivity index (χ0v) is 17.8. The van der Waals surface area contributed by atoms with Crippen LogP contribution in [0.1, 0.15) is 16.7 Å². The van der Waals surface area contributed by atoms with Crippen molar-refractivity contribution in [1.29, 1.82) is 0 Å². The Morgan fingerprint density at radius 3 is 2.45 bits per heavy atom. The molecule has 0 saturated carbocycles. The fourth-order valence-electron chi connectivity index (χ4n) is 2.53. The number of carbonyl (C=O) groups excluding carboxylic acids is 1. The van der Waals surface area contributed by atoms with Gasteiger partial charge in [-0.05, 0) is 24.1 Å². The number of amides is 1. The summed E-state index contributed by atoms with van der Waals surface area (Å²) in [6, 6.07) is 14.6. The minimum Gasteiger partial charge on any atom is -0.484 e. The van der Waals surface area contributed by atoms with Gasteiger partial charge in [0.25, 0.3) is 0 Å². The maximum atomic E-state index is 12.6. The minimum atomic E-state index is -4.43. The number of alkyl halides is 3. The van der Waals surface area contributed by atoms with Crippen LogP contribution in [0.3, 0.4) is 0 Å². The monoisotopic (exact) mass is 436 g/mol. The summed E-state index contributed by atoms with van der Waals surface area (Å²) in [6.07, 6.45) is -4.43. The SMILES string of the molecule is Cc1ccc(CNC(=NCc2ccccc2)NCC(=O)N(C)C)c(OCC(F)(F)F)c1. The first kappa shape index (κ1) is 24.0. The Bertz CT molecular complexity index is 884. The van der Waals surface area contributed by atoms with Crippen LogP contribution < -0.4 is 15.4 Å². The molecular formula is C22H27F3N4O2. The largest absolute Gasteiger partial charge is 0.484 e. The Hall–Kier alpha value is -3.23. The van der Waals surface area contributed by atoms with Gasteiger partial charge >= 0.3 is 6.18 Å². The van der Waals surface area contributed by atoms with E-state index in [1.165, 1.54) is 4.90 Å². The predicted octanol–water partition coefficient (Wildman–Crippen LogP) is 3.26. The first-order valence-electron chi connectivity index (χ1n) is 9.69. The number of rotatable bonds is 8. The molecule has 0 saturated heterocycles. The van der Waals surface area contributed by atoms with E-state index in [9.17, 15) is 18.0 Å². The summed E-state index contributed by atoms with van der Waals surface area (Å²) in [5.74, 6) is 0.372. The number of ether oxygens (including phenoxy) is 1. The van der Waals surface area contributed by atoms with Crippen LogP contribution in [0.4, 0.5) is 13.2 Å². The van der Waals surface area contributed by atoms with Crippen molar-refractivity contribution in [3.05, 3.63) is 65.2 Å². The number of nitrogens with one attached hydrogen (secondary N) is 2. The lowest BCUT2D eigenvalue weighted by molar-refractivity contribution is -0.153. The van der Waals surface area contributed by atoms with Crippen LogP contribution in [0.15, 0.2) is 53.5 Å². The molecule has 2 rings (SSSR count). The molecule has 0 aliphatic rings. The van der Waals surface area contributed by atoms with Gasteiger partial charge < -0.3 is 20.3 Å². The second-order valence-electron chi connectivity index (χ2n) is 7.16. The molecule has 0 aliphatic carbocycles. The molecule has 0 aromatic heterocycles. The fraction of sp³-hybridized carbons (Fsp3) is 0.364. The van der Waals surface area contributed by atoms with E-state index in [1.807, 2.05) is 30.3 Å². The molecule has 2 aromatic rings.